The second-order valence-electron chi connectivity index (χ2n) is 2.28. The molecule has 0 amide bonds. The van der Waals surface area contributed by atoms with Gasteiger partial charge in [-0.05, 0) is 18.6 Å². The van der Waals surface area contributed by atoms with E-state index < -0.39 is 17.1 Å². The Morgan fingerprint density at radius 3 is 2.75 bits per heavy atom. The summed E-state index contributed by atoms with van der Waals surface area (Å²) in [5.41, 5.74) is 0.663. The van der Waals surface area contributed by atoms with Gasteiger partial charge in [-0.25, -0.2) is 8.60 Å². The first-order valence-corrected chi connectivity index (χ1v) is 4.34. The minimum Gasteiger partial charge on any atom is -0.289 e. The van der Waals surface area contributed by atoms with Crippen LogP contribution in [-0.4, -0.2) is 8.76 Å². The summed E-state index contributed by atoms with van der Waals surface area (Å²) < 4.78 is 33.8. The van der Waals surface area contributed by atoms with Gasteiger partial charge in [0, 0.05) is 0 Å². The average Bonchev–Trinajstić information content (AvgIpc) is 1.97. The lowest BCUT2D eigenvalue weighted by atomic mass is 10.2. The number of benzene rings is 1. The second kappa shape index (κ2) is 3.64. The zero-order valence-electron chi connectivity index (χ0n) is 6.37. The van der Waals surface area contributed by atoms with Gasteiger partial charge in [0.05, 0.1) is 5.69 Å². The molecule has 0 fully saturated rings. The molecule has 5 heteroatoms. The maximum absolute atomic E-state index is 12.9. The van der Waals surface area contributed by atoms with Gasteiger partial charge in [0.1, 0.15) is 5.82 Å². The van der Waals surface area contributed by atoms with Gasteiger partial charge in [-0.2, -0.15) is 0 Å². The molecule has 0 aliphatic heterocycles. The van der Waals surface area contributed by atoms with Crippen molar-refractivity contribution < 1.29 is 13.2 Å². The predicted octanol–water partition coefficient (Wildman–Crippen LogP) is 1.68. The Morgan fingerprint density at radius 2 is 2.25 bits per heavy atom. The molecule has 0 aliphatic carbocycles. The van der Waals surface area contributed by atoms with E-state index in [-0.39, 0.29) is 5.69 Å². The lowest BCUT2D eigenvalue weighted by molar-refractivity contribution is 0.568. The van der Waals surface area contributed by atoms with Gasteiger partial charge in [0.25, 0.3) is 11.3 Å². The van der Waals surface area contributed by atoms with Crippen molar-refractivity contribution in [1.29, 1.82) is 0 Å². The zero-order valence-corrected chi connectivity index (χ0v) is 7.19. The van der Waals surface area contributed by atoms with Crippen LogP contribution in [0.2, 0.25) is 0 Å². The number of para-hydroxylation sites is 1. The molecule has 2 N–H and O–H groups in total. The van der Waals surface area contributed by atoms with Gasteiger partial charge in [-0.15, -0.1) is 0 Å². The van der Waals surface area contributed by atoms with Gasteiger partial charge in [-0.1, -0.05) is 12.1 Å². The van der Waals surface area contributed by atoms with Crippen LogP contribution in [0.15, 0.2) is 18.2 Å². The molecule has 0 aromatic heterocycles. The Bertz CT molecular complexity index is 296. The summed E-state index contributed by atoms with van der Waals surface area (Å²) in [7, 11) is 0. The Labute approximate surface area is 72.0 Å². The normalized spacial score (nSPS) is 12.6. The Kier molecular flexibility index (Phi) is 2.78. The summed E-state index contributed by atoms with van der Waals surface area (Å²) in [6, 6.07) is 4.41. The number of nitrogens with one attached hydrogen (secondary N) is 1. The summed E-state index contributed by atoms with van der Waals surface area (Å²) in [6.45, 7) is 1.65. The standard InChI is InChI=1S/C7H8FNO2S/c1-5-3-2-4-6(8)7(5)9-12(10)11/h2-4,9H,1H3,(H,10,11). The Hall–Kier alpha value is -0.940. The lowest BCUT2D eigenvalue weighted by Crippen LogP contribution is -2.05. The molecular weight excluding hydrogens is 181 g/mol. The van der Waals surface area contributed by atoms with Crippen LogP contribution in [-0.2, 0) is 11.3 Å². The summed E-state index contributed by atoms with van der Waals surface area (Å²) >= 11 is -2.23. The topological polar surface area (TPSA) is 49.3 Å². The molecule has 66 valence electrons. The summed E-state index contributed by atoms with van der Waals surface area (Å²) in [4.78, 5) is 0. The van der Waals surface area contributed by atoms with E-state index in [4.69, 9.17) is 4.55 Å². The highest BCUT2D eigenvalue weighted by molar-refractivity contribution is 7.80. The van der Waals surface area contributed by atoms with E-state index in [1.165, 1.54) is 12.1 Å². The maximum atomic E-state index is 12.9. The highest BCUT2D eigenvalue weighted by Crippen LogP contribution is 2.18. The van der Waals surface area contributed by atoms with Crippen LogP contribution >= 0.6 is 0 Å². The third-order valence-corrected chi connectivity index (χ3v) is 1.79. The van der Waals surface area contributed by atoms with Crippen molar-refractivity contribution in [2.75, 3.05) is 4.72 Å². The molecule has 0 saturated heterocycles. The number of hydrogen-bond acceptors (Lipinski definition) is 1. The van der Waals surface area contributed by atoms with E-state index in [9.17, 15) is 8.60 Å². The van der Waals surface area contributed by atoms with Gasteiger partial charge in [0.15, 0.2) is 0 Å². The summed E-state index contributed by atoms with van der Waals surface area (Å²) in [5.74, 6) is -0.530. The van der Waals surface area contributed by atoms with Crippen molar-refractivity contribution in [3.63, 3.8) is 0 Å². The minimum atomic E-state index is -2.23. The molecule has 0 spiro atoms. The molecule has 0 bridgehead atoms. The largest absolute Gasteiger partial charge is 0.289 e. The quantitative estimate of drug-likeness (QED) is 0.695. The van der Waals surface area contributed by atoms with E-state index in [1.54, 1.807) is 13.0 Å². The highest BCUT2D eigenvalue weighted by Gasteiger charge is 2.05. The van der Waals surface area contributed by atoms with Crippen molar-refractivity contribution in [3.8, 4) is 0 Å². The fourth-order valence-corrected chi connectivity index (χ4v) is 1.28. The molecule has 1 aromatic rings. The van der Waals surface area contributed by atoms with Crippen LogP contribution < -0.4 is 4.72 Å². The smallest absolute Gasteiger partial charge is 0.259 e. The van der Waals surface area contributed by atoms with Crippen LogP contribution in [0.4, 0.5) is 10.1 Å². The number of rotatable bonds is 2. The maximum Gasteiger partial charge on any atom is 0.259 e. The fraction of sp³-hybridized carbons (Fsp3) is 0.143. The van der Waals surface area contributed by atoms with Crippen molar-refractivity contribution in [3.05, 3.63) is 29.6 Å². The van der Waals surface area contributed by atoms with Crippen molar-refractivity contribution >= 4 is 17.0 Å². The first-order chi connectivity index (χ1) is 5.61. The SMILES string of the molecule is Cc1cccc(F)c1NS(=O)O. The van der Waals surface area contributed by atoms with E-state index in [0.717, 1.165) is 0 Å². The molecule has 1 aromatic carbocycles. The fourth-order valence-electron chi connectivity index (χ4n) is 0.849. The molecule has 12 heavy (non-hydrogen) atoms. The van der Waals surface area contributed by atoms with E-state index in [2.05, 4.69) is 4.72 Å². The molecule has 0 heterocycles. The monoisotopic (exact) mass is 189 g/mol. The number of aryl methyl sites for hydroxylation is 1. The minimum absolute atomic E-state index is 0.0679. The molecule has 0 radical (unpaired) electrons. The van der Waals surface area contributed by atoms with Gasteiger partial charge in [0.2, 0.25) is 0 Å². The molecular formula is C7H8FNO2S. The molecule has 3 nitrogen and oxygen atoms in total. The first kappa shape index (κ1) is 9.15. The Balaban J connectivity index is 3.04. The van der Waals surface area contributed by atoms with Crippen LogP contribution in [0.3, 0.4) is 0 Å². The molecule has 1 atom stereocenters. The predicted molar refractivity (Wildman–Crippen MR) is 45.5 cm³/mol. The van der Waals surface area contributed by atoms with Crippen molar-refractivity contribution in [1.82, 2.24) is 0 Å². The van der Waals surface area contributed by atoms with E-state index >= 15 is 0 Å². The molecule has 0 saturated carbocycles. The molecule has 0 aliphatic rings. The van der Waals surface area contributed by atoms with Crippen LogP contribution in [0.25, 0.3) is 0 Å². The van der Waals surface area contributed by atoms with Crippen molar-refractivity contribution in [2.45, 2.75) is 6.92 Å². The van der Waals surface area contributed by atoms with Crippen LogP contribution in [0, 0.1) is 12.7 Å². The molecule has 1 rings (SSSR count). The lowest BCUT2D eigenvalue weighted by Gasteiger charge is -2.05. The van der Waals surface area contributed by atoms with E-state index in [1.807, 2.05) is 0 Å². The van der Waals surface area contributed by atoms with Gasteiger partial charge in [-0.3, -0.25) is 9.27 Å². The number of halogens is 1. The van der Waals surface area contributed by atoms with Gasteiger partial charge < -0.3 is 0 Å². The summed E-state index contributed by atoms with van der Waals surface area (Å²) in [6.07, 6.45) is 0. The molecule has 1 unspecified atom stereocenters. The third-order valence-electron chi connectivity index (χ3n) is 1.41. The second-order valence-corrected chi connectivity index (χ2v) is 2.99. The number of anilines is 1. The zero-order chi connectivity index (χ0) is 9.14. The van der Waals surface area contributed by atoms with Crippen molar-refractivity contribution in [2.24, 2.45) is 0 Å². The third kappa shape index (κ3) is 2.02. The van der Waals surface area contributed by atoms with E-state index in [0.29, 0.717) is 5.56 Å². The first-order valence-electron chi connectivity index (χ1n) is 3.24. The number of hydrogen-bond donors (Lipinski definition) is 2. The average molecular weight is 189 g/mol. The summed E-state index contributed by atoms with van der Waals surface area (Å²) in [5, 5.41) is 0. The van der Waals surface area contributed by atoms with Crippen LogP contribution in [0.5, 0.6) is 0 Å². The Morgan fingerprint density at radius 1 is 1.58 bits per heavy atom. The highest BCUT2D eigenvalue weighted by atomic mass is 32.2. The van der Waals surface area contributed by atoms with Crippen LogP contribution in [0.1, 0.15) is 5.56 Å². The van der Waals surface area contributed by atoms with Gasteiger partial charge >= 0.3 is 0 Å².